The van der Waals surface area contributed by atoms with Crippen molar-refractivity contribution in [1.82, 2.24) is 14.7 Å². The van der Waals surface area contributed by atoms with E-state index in [4.69, 9.17) is 11.4 Å². The van der Waals surface area contributed by atoms with Crippen LogP contribution in [-0.4, -0.2) is 141 Å². The topological polar surface area (TPSA) is 37.4 Å². The van der Waals surface area contributed by atoms with Gasteiger partial charge in [0.15, 0.2) is 0 Å². The molecule has 0 heterocycles. The molecule has 0 atom stereocenters. The minimum atomic E-state index is -1.99. The molecule has 0 spiro atoms. The summed E-state index contributed by atoms with van der Waals surface area (Å²) in [6.07, 6.45) is 0. The van der Waals surface area contributed by atoms with Crippen molar-refractivity contribution in [3.63, 3.8) is 0 Å². The van der Waals surface area contributed by atoms with Gasteiger partial charge in [0.25, 0.3) is 0 Å². The average molecular weight is 314 g/mol. The maximum Gasteiger partial charge on any atom is 0.905 e. The molecule has 0 rings (SSSR count). The van der Waals surface area contributed by atoms with Crippen LogP contribution in [0.3, 0.4) is 0 Å². The van der Waals surface area contributed by atoms with Crippen LogP contribution < -0.4 is 0 Å². The quantitative estimate of drug-likeness (QED) is 0.445. The van der Waals surface area contributed by atoms with Crippen molar-refractivity contribution < 1.29 is 11.4 Å². The number of hydrogen-bond donors (Lipinski definition) is 0. The molecule has 0 aromatic rings. The molecular weight excluding hydrogens is 284 g/mol. The second-order valence-electron chi connectivity index (χ2n) is 5.31. The van der Waals surface area contributed by atoms with E-state index in [1.807, 2.05) is 42.3 Å². The van der Waals surface area contributed by atoms with E-state index in [1.165, 1.54) is 0 Å². The molecule has 115 valence electrons. The summed E-state index contributed by atoms with van der Waals surface area (Å²) >= 11 is -1.99. The van der Waals surface area contributed by atoms with Gasteiger partial charge in [-0.15, -0.1) is 0 Å². The van der Waals surface area contributed by atoms with Crippen LogP contribution in [0, 0.1) is 0 Å². The Labute approximate surface area is 152 Å². The van der Waals surface area contributed by atoms with Gasteiger partial charge in [0, 0.05) is 69.0 Å². The average Bonchev–Trinajstić information content (AvgIpc) is 2.26. The molecule has 0 amide bonds. The normalized spacial score (nSPS) is 11.2. The molecule has 8 heteroatoms. The molecular formula is C12H30AlN3NaO3. The Morgan fingerprint density at radius 3 is 1.05 bits per heavy atom. The predicted molar refractivity (Wildman–Crippen MR) is 85.0 cm³/mol. The van der Waals surface area contributed by atoms with Gasteiger partial charge in [0.1, 0.15) is 0 Å². The molecule has 0 aromatic carbocycles. The van der Waals surface area contributed by atoms with E-state index in [2.05, 4.69) is 14.7 Å². The van der Waals surface area contributed by atoms with E-state index in [-0.39, 0.29) is 29.6 Å². The van der Waals surface area contributed by atoms with Crippen molar-refractivity contribution >= 4 is 44.7 Å². The minimum absolute atomic E-state index is 0. The number of likely N-dealkylation sites (N-methyl/N-ethyl adjacent to an activating group) is 3. The Bertz CT molecular complexity index is 179. The standard InChI is InChI=1S/3C4H10NO.Al.Na/c3*1-5(2)3-4-6;;/h3*3-4H2,1-2H3;;/q3*-1;+3;. The van der Waals surface area contributed by atoms with Crippen molar-refractivity contribution in [3.8, 4) is 0 Å². The van der Waals surface area contributed by atoms with E-state index >= 15 is 0 Å². The Hall–Kier alpha value is 1.29. The first-order valence-electron chi connectivity index (χ1n) is 6.71. The Kier molecular flexibility index (Phi) is 17.9. The van der Waals surface area contributed by atoms with E-state index < -0.39 is 15.1 Å². The minimum Gasteiger partial charge on any atom is -0.453 e. The molecule has 0 fully saturated rings. The molecule has 0 aliphatic heterocycles. The van der Waals surface area contributed by atoms with Gasteiger partial charge in [0.05, 0.1) is 0 Å². The fraction of sp³-hybridized carbons (Fsp3) is 1.00. The Morgan fingerprint density at radius 1 is 0.600 bits per heavy atom. The predicted octanol–water partition coefficient (Wildman–Crippen LogP) is -0.675. The number of hydrogen-bond acceptors (Lipinski definition) is 6. The van der Waals surface area contributed by atoms with Gasteiger partial charge < -0.3 is 26.1 Å². The summed E-state index contributed by atoms with van der Waals surface area (Å²) in [6, 6.07) is 0. The molecule has 6 nitrogen and oxygen atoms in total. The van der Waals surface area contributed by atoms with E-state index in [0.717, 1.165) is 19.6 Å². The van der Waals surface area contributed by atoms with Gasteiger partial charge in [-0.25, -0.2) is 0 Å². The number of rotatable bonds is 12. The molecule has 0 unspecified atom stereocenters. The van der Waals surface area contributed by atoms with Crippen molar-refractivity contribution in [3.05, 3.63) is 0 Å². The van der Waals surface area contributed by atoms with Crippen LogP contribution >= 0.6 is 0 Å². The summed E-state index contributed by atoms with van der Waals surface area (Å²) < 4.78 is 17.2. The smallest absolute Gasteiger partial charge is 0.453 e. The van der Waals surface area contributed by atoms with Crippen molar-refractivity contribution in [1.29, 1.82) is 0 Å². The summed E-state index contributed by atoms with van der Waals surface area (Å²) in [4.78, 5) is 6.27. The third-order valence-corrected chi connectivity index (χ3v) is 3.90. The van der Waals surface area contributed by atoms with Crippen molar-refractivity contribution in [2.45, 2.75) is 0 Å². The molecule has 0 aliphatic carbocycles. The van der Waals surface area contributed by atoms with Crippen LogP contribution in [0.2, 0.25) is 0 Å². The van der Waals surface area contributed by atoms with Crippen molar-refractivity contribution in [2.75, 3.05) is 81.7 Å². The summed E-state index contributed by atoms with van der Waals surface area (Å²) in [6.45, 7) is 4.64. The largest absolute Gasteiger partial charge is 0.905 e. The van der Waals surface area contributed by atoms with Gasteiger partial charge in [-0.3, -0.25) is 0 Å². The zero-order valence-electron chi connectivity index (χ0n) is 14.4. The fourth-order valence-corrected chi connectivity index (χ4v) is 2.32. The third-order valence-electron chi connectivity index (χ3n) is 2.38. The Balaban J connectivity index is 0. The Morgan fingerprint density at radius 2 is 0.850 bits per heavy atom. The van der Waals surface area contributed by atoms with E-state index in [1.54, 1.807) is 0 Å². The van der Waals surface area contributed by atoms with Crippen LogP contribution in [0.1, 0.15) is 0 Å². The van der Waals surface area contributed by atoms with Crippen LogP contribution in [0.25, 0.3) is 0 Å². The molecule has 20 heavy (non-hydrogen) atoms. The van der Waals surface area contributed by atoms with Gasteiger partial charge in [0.2, 0.25) is 0 Å². The number of nitrogens with zero attached hydrogens (tertiary/aromatic N) is 3. The van der Waals surface area contributed by atoms with Crippen molar-refractivity contribution in [2.24, 2.45) is 0 Å². The van der Waals surface area contributed by atoms with E-state index in [9.17, 15) is 0 Å². The van der Waals surface area contributed by atoms with Gasteiger partial charge >= 0.3 is 15.1 Å². The van der Waals surface area contributed by atoms with Gasteiger partial charge in [-0.1, -0.05) is 0 Å². The monoisotopic (exact) mass is 314 g/mol. The molecule has 0 saturated carbocycles. The maximum atomic E-state index is 5.73. The zero-order valence-corrected chi connectivity index (χ0v) is 17.5. The maximum absolute atomic E-state index is 5.73. The van der Waals surface area contributed by atoms with Crippen LogP contribution in [0.5, 0.6) is 0 Å². The first-order valence-corrected chi connectivity index (χ1v) is 8.12. The molecule has 0 aliphatic rings. The van der Waals surface area contributed by atoms with Crippen LogP contribution in [-0.2, 0) is 11.4 Å². The second kappa shape index (κ2) is 15.2. The van der Waals surface area contributed by atoms with Crippen LogP contribution in [0.15, 0.2) is 0 Å². The summed E-state index contributed by atoms with van der Waals surface area (Å²) in [5, 5.41) is 0. The van der Waals surface area contributed by atoms with Gasteiger partial charge in [-0.2, -0.15) is 0 Å². The first kappa shape index (κ1) is 23.6. The summed E-state index contributed by atoms with van der Waals surface area (Å²) in [7, 11) is 12.2. The zero-order chi connectivity index (χ0) is 14.7. The van der Waals surface area contributed by atoms with Crippen LogP contribution in [0.4, 0.5) is 0 Å². The summed E-state index contributed by atoms with van der Waals surface area (Å²) in [5.74, 6) is 0. The molecule has 1 radical (unpaired) electrons. The molecule has 0 aromatic heterocycles. The molecule has 0 saturated heterocycles. The molecule has 0 N–H and O–H groups in total. The SMILES string of the molecule is CN(C)CC[O][Al]([O]CCN(C)C)[O]CCN(C)C.[Na]. The molecule has 0 bridgehead atoms. The van der Waals surface area contributed by atoms with E-state index in [0.29, 0.717) is 19.8 Å². The van der Waals surface area contributed by atoms with Gasteiger partial charge in [-0.05, 0) is 42.3 Å². The second-order valence-corrected chi connectivity index (χ2v) is 6.89. The third kappa shape index (κ3) is 17.3. The fourth-order valence-electron chi connectivity index (χ4n) is 1.14. The first-order chi connectivity index (χ1) is 8.91. The summed E-state index contributed by atoms with van der Waals surface area (Å²) in [5.41, 5.74) is 0.